The van der Waals surface area contributed by atoms with Crippen LogP contribution in [0.5, 0.6) is 0 Å². The van der Waals surface area contributed by atoms with Gasteiger partial charge in [0.15, 0.2) is 0 Å². The number of unbranched alkanes of at least 4 members (excludes halogenated alkanes) is 1. The molecule has 4 heteroatoms. The molecule has 0 spiro atoms. The second-order valence-electron chi connectivity index (χ2n) is 4.66. The average Bonchev–Trinajstić information content (AvgIpc) is 2.29. The predicted octanol–water partition coefficient (Wildman–Crippen LogP) is 1.54. The minimum atomic E-state index is 0.341. The summed E-state index contributed by atoms with van der Waals surface area (Å²) < 4.78 is 10.7. The van der Waals surface area contributed by atoms with E-state index in [4.69, 9.17) is 15.2 Å². The van der Waals surface area contributed by atoms with Gasteiger partial charge in [0.2, 0.25) is 0 Å². The first-order chi connectivity index (χ1) is 8.20. The van der Waals surface area contributed by atoms with Crippen molar-refractivity contribution >= 4 is 0 Å². The fourth-order valence-electron chi connectivity index (χ4n) is 1.66. The first-order valence-corrected chi connectivity index (χ1v) is 6.74. The Labute approximate surface area is 106 Å². The van der Waals surface area contributed by atoms with Crippen LogP contribution in [0, 0.1) is 0 Å². The smallest absolute Gasteiger partial charge is 0.0615 e. The van der Waals surface area contributed by atoms with Gasteiger partial charge < -0.3 is 20.5 Å². The topological polar surface area (TPSA) is 56.5 Å². The average molecular weight is 246 g/mol. The Kier molecular flexibility index (Phi) is 12.2. The summed E-state index contributed by atoms with van der Waals surface area (Å²) in [4.78, 5) is 0. The summed E-state index contributed by atoms with van der Waals surface area (Å²) in [7, 11) is 1.74. The monoisotopic (exact) mass is 246 g/mol. The highest BCUT2D eigenvalue weighted by atomic mass is 16.5. The highest BCUT2D eigenvalue weighted by molar-refractivity contribution is 4.66. The van der Waals surface area contributed by atoms with Gasteiger partial charge >= 0.3 is 0 Å². The lowest BCUT2D eigenvalue weighted by Gasteiger charge is -2.17. The number of nitrogens with two attached hydrogens (primary N) is 1. The molecule has 0 heterocycles. The van der Waals surface area contributed by atoms with Crippen LogP contribution in [0.4, 0.5) is 0 Å². The summed E-state index contributed by atoms with van der Waals surface area (Å²) in [6.45, 7) is 7.54. The van der Waals surface area contributed by atoms with Crippen LogP contribution in [0.2, 0.25) is 0 Å². The van der Waals surface area contributed by atoms with E-state index in [0.29, 0.717) is 12.1 Å². The summed E-state index contributed by atoms with van der Waals surface area (Å²) in [5.74, 6) is 0. The van der Waals surface area contributed by atoms with Gasteiger partial charge in [-0.3, -0.25) is 0 Å². The zero-order chi connectivity index (χ0) is 12.9. The molecule has 0 saturated heterocycles. The molecule has 0 saturated carbocycles. The molecular weight excluding hydrogens is 216 g/mol. The second-order valence-corrected chi connectivity index (χ2v) is 4.66. The maximum atomic E-state index is 5.51. The number of hydrogen-bond donors (Lipinski definition) is 2. The second kappa shape index (κ2) is 12.3. The molecule has 0 rings (SSSR count). The Morgan fingerprint density at radius 2 is 1.94 bits per heavy atom. The molecule has 0 aliphatic carbocycles. The van der Waals surface area contributed by atoms with Gasteiger partial charge in [0.05, 0.1) is 12.7 Å². The van der Waals surface area contributed by atoms with E-state index in [2.05, 4.69) is 19.2 Å². The van der Waals surface area contributed by atoms with Gasteiger partial charge in [-0.1, -0.05) is 0 Å². The third-order valence-corrected chi connectivity index (χ3v) is 2.58. The van der Waals surface area contributed by atoms with Crippen LogP contribution in [0.25, 0.3) is 0 Å². The van der Waals surface area contributed by atoms with Crippen molar-refractivity contribution in [2.75, 3.05) is 33.4 Å². The van der Waals surface area contributed by atoms with E-state index in [1.54, 1.807) is 7.11 Å². The molecule has 0 aromatic rings. The molecule has 1 unspecified atom stereocenters. The molecule has 0 aromatic carbocycles. The lowest BCUT2D eigenvalue weighted by molar-refractivity contribution is 0.0756. The van der Waals surface area contributed by atoms with Crippen molar-refractivity contribution in [3.63, 3.8) is 0 Å². The Bertz CT molecular complexity index is 154. The van der Waals surface area contributed by atoms with Crippen molar-refractivity contribution in [1.82, 2.24) is 5.32 Å². The molecule has 0 fully saturated rings. The van der Waals surface area contributed by atoms with Crippen molar-refractivity contribution < 1.29 is 9.47 Å². The molecule has 104 valence electrons. The zero-order valence-corrected chi connectivity index (χ0v) is 11.7. The molecule has 17 heavy (non-hydrogen) atoms. The minimum absolute atomic E-state index is 0.341. The molecule has 0 amide bonds. The third kappa shape index (κ3) is 12.1. The van der Waals surface area contributed by atoms with Crippen molar-refractivity contribution in [1.29, 1.82) is 0 Å². The SMILES string of the molecule is COCC(CCCN)NCCCCOC(C)C. The summed E-state index contributed by atoms with van der Waals surface area (Å²) in [5.41, 5.74) is 5.51. The number of nitrogens with one attached hydrogen (secondary N) is 1. The maximum Gasteiger partial charge on any atom is 0.0615 e. The first-order valence-electron chi connectivity index (χ1n) is 6.74. The van der Waals surface area contributed by atoms with Gasteiger partial charge in [0, 0.05) is 19.8 Å². The molecule has 3 N–H and O–H groups in total. The maximum absolute atomic E-state index is 5.51. The van der Waals surface area contributed by atoms with Crippen LogP contribution in [-0.2, 0) is 9.47 Å². The van der Waals surface area contributed by atoms with Crippen LogP contribution >= 0.6 is 0 Å². The fraction of sp³-hybridized carbons (Fsp3) is 1.00. The van der Waals surface area contributed by atoms with Gasteiger partial charge in [-0.2, -0.15) is 0 Å². The largest absolute Gasteiger partial charge is 0.383 e. The van der Waals surface area contributed by atoms with E-state index in [1.807, 2.05) is 0 Å². The van der Waals surface area contributed by atoms with E-state index in [-0.39, 0.29) is 0 Å². The first kappa shape index (κ1) is 16.8. The van der Waals surface area contributed by atoms with Gasteiger partial charge in [-0.15, -0.1) is 0 Å². The Morgan fingerprint density at radius 3 is 2.53 bits per heavy atom. The summed E-state index contributed by atoms with van der Waals surface area (Å²) in [6.07, 6.45) is 4.75. The number of ether oxygens (including phenoxy) is 2. The number of rotatable bonds is 12. The van der Waals surface area contributed by atoms with E-state index in [9.17, 15) is 0 Å². The molecule has 0 aromatic heterocycles. The minimum Gasteiger partial charge on any atom is -0.383 e. The highest BCUT2D eigenvalue weighted by Gasteiger charge is 2.06. The van der Waals surface area contributed by atoms with Gasteiger partial charge in [0.25, 0.3) is 0 Å². The van der Waals surface area contributed by atoms with Gasteiger partial charge in [0.1, 0.15) is 0 Å². The van der Waals surface area contributed by atoms with E-state index >= 15 is 0 Å². The van der Waals surface area contributed by atoms with E-state index in [0.717, 1.165) is 52.0 Å². The highest BCUT2D eigenvalue weighted by Crippen LogP contribution is 1.98. The van der Waals surface area contributed by atoms with Crippen LogP contribution in [0.1, 0.15) is 39.5 Å². The van der Waals surface area contributed by atoms with Crippen LogP contribution in [-0.4, -0.2) is 45.6 Å². The van der Waals surface area contributed by atoms with E-state index in [1.165, 1.54) is 0 Å². The van der Waals surface area contributed by atoms with Crippen molar-refractivity contribution in [2.45, 2.75) is 51.7 Å². The standard InChI is InChI=1S/C13H30N2O2/c1-12(2)17-10-5-4-9-15-13(11-16-3)7-6-8-14/h12-13,15H,4-11,14H2,1-3H3. The molecule has 4 nitrogen and oxygen atoms in total. The summed E-state index contributed by atoms with van der Waals surface area (Å²) in [5, 5.41) is 3.51. The zero-order valence-electron chi connectivity index (χ0n) is 11.7. The Hall–Kier alpha value is -0.160. The summed E-state index contributed by atoms with van der Waals surface area (Å²) in [6, 6.07) is 0.439. The lowest BCUT2D eigenvalue weighted by atomic mass is 10.1. The van der Waals surface area contributed by atoms with Crippen LogP contribution < -0.4 is 11.1 Å². The quantitative estimate of drug-likeness (QED) is 0.513. The van der Waals surface area contributed by atoms with Crippen molar-refractivity contribution in [3.05, 3.63) is 0 Å². The Balaban J connectivity index is 3.40. The van der Waals surface area contributed by atoms with Gasteiger partial charge in [-0.25, -0.2) is 0 Å². The molecule has 0 aliphatic heterocycles. The van der Waals surface area contributed by atoms with Crippen molar-refractivity contribution in [2.24, 2.45) is 5.73 Å². The molecule has 1 atom stereocenters. The third-order valence-electron chi connectivity index (χ3n) is 2.58. The predicted molar refractivity (Wildman–Crippen MR) is 72.3 cm³/mol. The Morgan fingerprint density at radius 1 is 1.18 bits per heavy atom. The molecule has 0 aliphatic rings. The van der Waals surface area contributed by atoms with Gasteiger partial charge in [-0.05, 0) is 52.6 Å². The molecular formula is C13H30N2O2. The normalized spacial score (nSPS) is 13.2. The molecule has 0 radical (unpaired) electrons. The number of hydrogen-bond acceptors (Lipinski definition) is 4. The van der Waals surface area contributed by atoms with Crippen LogP contribution in [0.15, 0.2) is 0 Å². The van der Waals surface area contributed by atoms with Crippen molar-refractivity contribution in [3.8, 4) is 0 Å². The fourth-order valence-corrected chi connectivity index (χ4v) is 1.66. The summed E-state index contributed by atoms with van der Waals surface area (Å²) >= 11 is 0. The number of methoxy groups -OCH3 is 1. The van der Waals surface area contributed by atoms with Crippen LogP contribution in [0.3, 0.4) is 0 Å². The molecule has 0 bridgehead atoms. The van der Waals surface area contributed by atoms with E-state index < -0.39 is 0 Å². The lowest BCUT2D eigenvalue weighted by Crippen LogP contribution is -2.34.